The molecule has 3 atom stereocenters. The predicted octanol–water partition coefficient (Wildman–Crippen LogP) is 2.13. The number of carbonyl (C=O) groups is 1. The molecule has 18 heavy (non-hydrogen) atoms. The second-order valence-electron chi connectivity index (χ2n) is 4.86. The summed E-state index contributed by atoms with van der Waals surface area (Å²) in [5.41, 5.74) is 6.99. The fraction of sp³-hybridized carbons (Fsp3) is 0.692. The van der Waals surface area contributed by atoms with Gasteiger partial charge in [-0.3, -0.25) is 9.79 Å². The molecule has 1 aliphatic carbocycles. The number of halogens is 1. The van der Waals surface area contributed by atoms with Crippen LogP contribution in [0.15, 0.2) is 17.1 Å². The highest BCUT2D eigenvalue weighted by molar-refractivity contribution is 9.09. The first-order valence-electron chi connectivity index (χ1n) is 6.34. The van der Waals surface area contributed by atoms with Gasteiger partial charge in [-0.05, 0) is 39.5 Å². The zero-order valence-corrected chi connectivity index (χ0v) is 12.7. The third-order valence-electron chi connectivity index (χ3n) is 3.13. The predicted molar refractivity (Wildman–Crippen MR) is 79.0 cm³/mol. The highest BCUT2D eigenvalue weighted by Crippen LogP contribution is 2.17. The molecule has 3 N–H and O–H groups in total. The Kier molecular flexibility index (Phi) is 6.02. The van der Waals surface area contributed by atoms with E-state index in [0.29, 0.717) is 11.3 Å². The summed E-state index contributed by atoms with van der Waals surface area (Å²) in [6, 6.07) is 0.377. The molecular weight excluding hydrogens is 294 g/mol. The standard InChI is InChI=1S/C13H22BrN3O/c1-8(9(2)16-10(3)14)13(18)17-12-6-4-5-11(15)7-12/h10-12H,1,4-7,15H2,2-3H3,(H,17,18). The topological polar surface area (TPSA) is 67.5 Å². The normalized spacial score (nSPS) is 26.6. The van der Waals surface area contributed by atoms with Gasteiger partial charge in [-0.15, -0.1) is 0 Å². The van der Waals surface area contributed by atoms with Crippen LogP contribution in [-0.2, 0) is 4.79 Å². The van der Waals surface area contributed by atoms with Gasteiger partial charge in [0.05, 0.1) is 5.57 Å². The van der Waals surface area contributed by atoms with Crippen molar-refractivity contribution in [2.75, 3.05) is 0 Å². The van der Waals surface area contributed by atoms with Gasteiger partial charge in [0.25, 0.3) is 5.91 Å². The van der Waals surface area contributed by atoms with Crippen LogP contribution in [0.1, 0.15) is 39.5 Å². The van der Waals surface area contributed by atoms with Gasteiger partial charge in [-0.2, -0.15) is 0 Å². The molecule has 0 aliphatic heterocycles. The molecule has 0 saturated heterocycles. The van der Waals surface area contributed by atoms with E-state index in [-0.39, 0.29) is 22.9 Å². The molecule has 5 heteroatoms. The third-order valence-corrected chi connectivity index (χ3v) is 3.34. The lowest BCUT2D eigenvalue weighted by atomic mass is 9.91. The van der Waals surface area contributed by atoms with E-state index in [9.17, 15) is 4.79 Å². The number of rotatable bonds is 4. The maximum absolute atomic E-state index is 12.0. The molecule has 0 aromatic rings. The molecule has 3 unspecified atom stereocenters. The molecule has 0 aromatic heterocycles. The number of hydrogen-bond acceptors (Lipinski definition) is 3. The minimum absolute atomic E-state index is 0.00912. The van der Waals surface area contributed by atoms with E-state index in [1.165, 1.54) is 0 Å². The van der Waals surface area contributed by atoms with Crippen molar-refractivity contribution in [3.05, 3.63) is 12.2 Å². The van der Waals surface area contributed by atoms with Crippen molar-refractivity contribution in [1.29, 1.82) is 0 Å². The Bertz CT molecular complexity index is 352. The zero-order valence-electron chi connectivity index (χ0n) is 11.1. The maximum Gasteiger partial charge on any atom is 0.252 e. The molecule has 0 aromatic carbocycles. The molecule has 0 spiro atoms. The summed E-state index contributed by atoms with van der Waals surface area (Å²) in [5, 5.41) is 2.99. The maximum atomic E-state index is 12.0. The average Bonchev–Trinajstić information content (AvgIpc) is 2.27. The number of amides is 1. The van der Waals surface area contributed by atoms with Crippen LogP contribution in [0.3, 0.4) is 0 Å². The number of carbonyl (C=O) groups excluding carboxylic acids is 1. The summed E-state index contributed by atoms with van der Waals surface area (Å²) >= 11 is 3.32. The van der Waals surface area contributed by atoms with E-state index in [0.717, 1.165) is 25.7 Å². The lowest BCUT2D eigenvalue weighted by Gasteiger charge is -2.27. The molecule has 1 saturated carbocycles. The Balaban J connectivity index is 2.52. The van der Waals surface area contributed by atoms with Gasteiger partial charge in [-0.1, -0.05) is 22.5 Å². The average molecular weight is 316 g/mol. The van der Waals surface area contributed by atoms with Crippen molar-refractivity contribution in [3.63, 3.8) is 0 Å². The minimum Gasteiger partial charge on any atom is -0.349 e. The van der Waals surface area contributed by atoms with Crippen LogP contribution in [-0.4, -0.2) is 28.7 Å². The van der Waals surface area contributed by atoms with E-state index < -0.39 is 0 Å². The van der Waals surface area contributed by atoms with Crippen molar-refractivity contribution in [2.45, 2.75) is 56.6 Å². The first kappa shape index (κ1) is 15.4. The number of hydrogen-bond donors (Lipinski definition) is 2. The molecular formula is C13H22BrN3O. The smallest absolute Gasteiger partial charge is 0.252 e. The number of nitrogens with zero attached hydrogens (tertiary/aromatic N) is 1. The monoisotopic (exact) mass is 315 g/mol. The second-order valence-corrected chi connectivity index (χ2v) is 6.19. The number of aliphatic imine (C=N–C) groups is 1. The van der Waals surface area contributed by atoms with Crippen LogP contribution in [0.5, 0.6) is 0 Å². The van der Waals surface area contributed by atoms with Crippen molar-refractivity contribution >= 4 is 27.5 Å². The van der Waals surface area contributed by atoms with Gasteiger partial charge in [0.1, 0.15) is 4.95 Å². The first-order valence-corrected chi connectivity index (χ1v) is 7.26. The van der Waals surface area contributed by atoms with Crippen LogP contribution in [0, 0.1) is 0 Å². The third kappa shape index (κ3) is 4.90. The largest absolute Gasteiger partial charge is 0.349 e. The zero-order chi connectivity index (χ0) is 13.7. The summed E-state index contributed by atoms with van der Waals surface area (Å²) in [6.07, 6.45) is 3.97. The van der Waals surface area contributed by atoms with E-state index in [1.54, 1.807) is 6.92 Å². The van der Waals surface area contributed by atoms with Crippen LogP contribution in [0.4, 0.5) is 0 Å². The van der Waals surface area contributed by atoms with Crippen LogP contribution in [0.25, 0.3) is 0 Å². The Morgan fingerprint density at radius 1 is 1.56 bits per heavy atom. The minimum atomic E-state index is -0.136. The number of alkyl halides is 1. The van der Waals surface area contributed by atoms with Gasteiger partial charge in [-0.25, -0.2) is 0 Å². The summed E-state index contributed by atoms with van der Waals surface area (Å²) < 4.78 is 0. The molecule has 1 amide bonds. The highest BCUT2D eigenvalue weighted by atomic mass is 79.9. The van der Waals surface area contributed by atoms with Crippen LogP contribution in [0.2, 0.25) is 0 Å². The van der Waals surface area contributed by atoms with Crippen molar-refractivity contribution in [2.24, 2.45) is 10.7 Å². The van der Waals surface area contributed by atoms with Crippen LogP contribution < -0.4 is 11.1 Å². The Morgan fingerprint density at radius 3 is 2.78 bits per heavy atom. The van der Waals surface area contributed by atoms with E-state index in [2.05, 4.69) is 32.8 Å². The Hall–Kier alpha value is -0.680. The van der Waals surface area contributed by atoms with Crippen molar-refractivity contribution in [1.82, 2.24) is 5.32 Å². The fourth-order valence-electron chi connectivity index (χ4n) is 2.14. The van der Waals surface area contributed by atoms with Crippen LogP contribution >= 0.6 is 15.9 Å². The molecule has 4 nitrogen and oxygen atoms in total. The SMILES string of the molecule is C=C(C(=O)NC1CCCC(N)C1)C(C)=NC(C)Br. The molecule has 1 fully saturated rings. The summed E-state index contributed by atoms with van der Waals surface area (Å²) in [5.74, 6) is -0.136. The van der Waals surface area contributed by atoms with Gasteiger partial charge in [0.15, 0.2) is 0 Å². The summed E-state index contributed by atoms with van der Waals surface area (Å²) in [4.78, 5) is 16.2. The van der Waals surface area contributed by atoms with Gasteiger partial charge in [0.2, 0.25) is 0 Å². The Labute approximate surface area is 117 Å². The van der Waals surface area contributed by atoms with E-state index in [4.69, 9.17) is 5.73 Å². The molecule has 0 radical (unpaired) electrons. The first-order chi connectivity index (χ1) is 8.40. The summed E-state index contributed by atoms with van der Waals surface area (Å²) in [6.45, 7) is 7.49. The van der Waals surface area contributed by atoms with Gasteiger partial charge < -0.3 is 11.1 Å². The molecule has 0 bridgehead atoms. The van der Waals surface area contributed by atoms with E-state index in [1.807, 2.05) is 6.92 Å². The lowest BCUT2D eigenvalue weighted by Crippen LogP contribution is -2.43. The Morgan fingerprint density at radius 2 is 2.22 bits per heavy atom. The van der Waals surface area contributed by atoms with Gasteiger partial charge >= 0.3 is 0 Å². The number of nitrogens with one attached hydrogen (secondary N) is 1. The molecule has 1 rings (SSSR count). The van der Waals surface area contributed by atoms with Gasteiger partial charge in [0, 0.05) is 17.8 Å². The second kappa shape index (κ2) is 7.04. The van der Waals surface area contributed by atoms with Crippen molar-refractivity contribution in [3.8, 4) is 0 Å². The molecule has 0 heterocycles. The molecule has 1 aliphatic rings. The fourth-order valence-corrected chi connectivity index (χ4v) is 2.45. The van der Waals surface area contributed by atoms with Crippen molar-refractivity contribution < 1.29 is 4.79 Å². The number of nitrogens with two attached hydrogens (primary N) is 1. The molecule has 102 valence electrons. The van der Waals surface area contributed by atoms with E-state index >= 15 is 0 Å². The highest BCUT2D eigenvalue weighted by Gasteiger charge is 2.22. The summed E-state index contributed by atoms with van der Waals surface area (Å²) in [7, 11) is 0. The lowest BCUT2D eigenvalue weighted by molar-refractivity contribution is -0.117. The quantitative estimate of drug-likeness (QED) is 0.361.